The van der Waals surface area contributed by atoms with Crippen molar-refractivity contribution >= 4 is 11.8 Å². The summed E-state index contributed by atoms with van der Waals surface area (Å²) in [5.41, 5.74) is 1.09. The van der Waals surface area contributed by atoms with Gasteiger partial charge >= 0.3 is 0 Å². The molecular weight excluding hydrogens is 292 g/mol. The topological polar surface area (TPSA) is 75.2 Å². The number of hydrogen-bond acceptors (Lipinski definition) is 4. The number of unbranched alkanes of at least 4 members (excludes halogenated alkanes) is 1. The lowest BCUT2D eigenvalue weighted by Gasteiger charge is -2.24. The Bertz CT molecular complexity index is 500. The fourth-order valence-corrected chi connectivity index (χ4v) is 2.11. The highest BCUT2D eigenvalue weighted by molar-refractivity contribution is 5.92. The van der Waals surface area contributed by atoms with Crippen molar-refractivity contribution in [2.45, 2.75) is 47.0 Å². The van der Waals surface area contributed by atoms with E-state index in [4.69, 9.17) is 0 Å². The van der Waals surface area contributed by atoms with Gasteiger partial charge in [0, 0.05) is 32.3 Å². The van der Waals surface area contributed by atoms with E-state index in [9.17, 15) is 9.59 Å². The molecule has 6 heteroatoms. The minimum absolute atomic E-state index is 0.0185. The predicted octanol–water partition coefficient (Wildman–Crippen LogP) is 2.19. The van der Waals surface area contributed by atoms with Crippen LogP contribution < -0.4 is 5.32 Å². The molecule has 128 valence electrons. The molecule has 0 bridgehead atoms. The molecule has 6 nitrogen and oxygen atoms in total. The van der Waals surface area contributed by atoms with Crippen LogP contribution in [0.25, 0.3) is 0 Å². The van der Waals surface area contributed by atoms with Crippen molar-refractivity contribution in [1.29, 1.82) is 0 Å². The molecule has 0 aliphatic carbocycles. The van der Waals surface area contributed by atoms with E-state index >= 15 is 0 Å². The smallest absolute Gasteiger partial charge is 0.274 e. The fraction of sp³-hybridized carbons (Fsp3) is 0.647. The van der Waals surface area contributed by atoms with Gasteiger partial charge in [-0.1, -0.05) is 27.2 Å². The zero-order valence-electron chi connectivity index (χ0n) is 14.6. The quantitative estimate of drug-likeness (QED) is 0.708. The van der Waals surface area contributed by atoms with E-state index < -0.39 is 0 Å². The first-order chi connectivity index (χ1) is 10.9. The largest absolute Gasteiger partial charge is 0.356 e. The normalized spacial score (nSPS) is 10.7. The van der Waals surface area contributed by atoms with Crippen molar-refractivity contribution in [2.24, 2.45) is 5.92 Å². The van der Waals surface area contributed by atoms with Crippen molar-refractivity contribution in [3.8, 4) is 0 Å². The van der Waals surface area contributed by atoms with Gasteiger partial charge in [-0.25, -0.2) is 4.98 Å². The lowest BCUT2D eigenvalue weighted by molar-refractivity contribution is -0.121. The van der Waals surface area contributed by atoms with Gasteiger partial charge in [0.1, 0.15) is 5.69 Å². The number of nitrogens with zero attached hydrogens (tertiary/aromatic N) is 3. The Morgan fingerprint density at radius 1 is 1.26 bits per heavy atom. The Hall–Kier alpha value is -1.98. The first-order valence-electron chi connectivity index (χ1n) is 8.28. The molecule has 1 aromatic rings. The van der Waals surface area contributed by atoms with Gasteiger partial charge in [0.25, 0.3) is 5.91 Å². The number of rotatable bonds is 9. The Morgan fingerprint density at radius 3 is 2.57 bits per heavy atom. The van der Waals surface area contributed by atoms with Crippen molar-refractivity contribution in [3.63, 3.8) is 0 Å². The van der Waals surface area contributed by atoms with Gasteiger partial charge in [-0.3, -0.25) is 14.6 Å². The molecule has 0 unspecified atom stereocenters. The van der Waals surface area contributed by atoms with Gasteiger partial charge in [0.05, 0.1) is 11.9 Å². The second-order valence-corrected chi connectivity index (χ2v) is 6.14. The van der Waals surface area contributed by atoms with Crippen molar-refractivity contribution < 1.29 is 9.59 Å². The second kappa shape index (κ2) is 9.92. The molecule has 23 heavy (non-hydrogen) atoms. The average molecular weight is 320 g/mol. The van der Waals surface area contributed by atoms with E-state index in [2.05, 4.69) is 22.2 Å². The lowest BCUT2D eigenvalue weighted by atomic mass is 10.2. The molecule has 0 spiro atoms. The molecule has 1 N–H and O–H groups in total. The van der Waals surface area contributed by atoms with Gasteiger partial charge < -0.3 is 10.2 Å². The summed E-state index contributed by atoms with van der Waals surface area (Å²) in [6.45, 7) is 9.68. The van der Waals surface area contributed by atoms with E-state index in [1.54, 1.807) is 11.1 Å². The lowest BCUT2D eigenvalue weighted by Crippen LogP contribution is -2.38. The summed E-state index contributed by atoms with van der Waals surface area (Å²) < 4.78 is 0. The highest BCUT2D eigenvalue weighted by Gasteiger charge is 2.19. The summed E-state index contributed by atoms with van der Waals surface area (Å²) in [5, 5.41) is 2.87. The minimum Gasteiger partial charge on any atom is -0.356 e. The molecule has 0 saturated carbocycles. The van der Waals surface area contributed by atoms with Crippen LogP contribution in [0.2, 0.25) is 0 Å². The Balaban J connectivity index is 2.63. The number of hydrogen-bond donors (Lipinski definition) is 1. The van der Waals surface area contributed by atoms with Crippen molar-refractivity contribution in [1.82, 2.24) is 20.2 Å². The van der Waals surface area contributed by atoms with Crippen LogP contribution in [0.1, 0.15) is 56.2 Å². The molecule has 2 amide bonds. The number of amides is 2. The van der Waals surface area contributed by atoms with Crippen LogP contribution in [0, 0.1) is 12.8 Å². The number of carbonyl (C=O) groups is 2. The number of aryl methyl sites for hydroxylation is 1. The molecule has 1 rings (SSSR count). The molecule has 0 aliphatic rings. The maximum atomic E-state index is 12.6. The zero-order chi connectivity index (χ0) is 17.2. The van der Waals surface area contributed by atoms with E-state index in [0.717, 1.165) is 18.5 Å². The van der Waals surface area contributed by atoms with E-state index in [1.165, 1.54) is 6.20 Å². The summed E-state index contributed by atoms with van der Waals surface area (Å²) >= 11 is 0. The molecule has 1 heterocycles. The third-order valence-corrected chi connectivity index (χ3v) is 3.33. The van der Waals surface area contributed by atoms with E-state index in [0.29, 0.717) is 37.7 Å². The molecule has 1 aromatic heterocycles. The number of nitrogens with one attached hydrogen (secondary N) is 1. The summed E-state index contributed by atoms with van der Waals surface area (Å²) in [6.07, 6.45) is 5.40. The maximum absolute atomic E-state index is 12.6. The van der Waals surface area contributed by atoms with Crippen molar-refractivity contribution in [3.05, 3.63) is 23.8 Å². The first kappa shape index (κ1) is 19.1. The molecular formula is C17H28N4O2. The highest BCUT2D eigenvalue weighted by atomic mass is 16.2. The Kier molecular flexibility index (Phi) is 8.22. The van der Waals surface area contributed by atoms with Gasteiger partial charge in [-0.15, -0.1) is 0 Å². The summed E-state index contributed by atoms with van der Waals surface area (Å²) in [5.74, 6) is 0.128. The maximum Gasteiger partial charge on any atom is 0.274 e. The van der Waals surface area contributed by atoms with E-state index in [-0.39, 0.29) is 11.8 Å². The van der Waals surface area contributed by atoms with Crippen LogP contribution in [0.4, 0.5) is 0 Å². The standard InChI is InChI=1S/C17H28N4O2/c1-5-6-8-18-16(22)7-9-21(12-13(2)3)17(23)15-11-19-14(4)10-20-15/h10-11,13H,5-9,12H2,1-4H3,(H,18,22). The molecule has 0 atom stereocenters. The monoisotopic (exact) mass is 320 g/mol. The van der Waals surface area contributed by atoms with Crippen LogP contribution in [-0.4, -0.2) is 46.3 Å². The summed E-state index contributed by atoms with van der Waals surface area (Å²) in [4.78, 5) is 34.3. The third-order valence-electron chi connectivity index (χ3n) is 3.33. The predicted molar refractivity (Wildman–Crippen MR) is 90.0 cm³/mol. The fourth-order valence-electron chi connectivity index (χ4n) is 2.11. The Labute approximate surface area is 138 Å². The van der Waals surface area contributed by atoms with Crippen LogP contribution >= 0.6 is 0 Å². The van der Waals surface area contributed by atoms with Crippen LogP contribution in [0.3, 0.4) is 0 Å². The third kappa shape index (κ3) is 7.21. The van der Waals surface area contributed by atoms with Gasteiger partial charge in [-0.05, 0) is 19.3 Å². The Morgan fingerprint density at radius 2 is 2.00 bits per heavy atom. The number of carbonyl (C=O) groups excluding carboxylic acids is 2. The molecule has 0 fully saturated rings. The van der Waals surface area contributed by atoms with Gasteiger partial charge in [0.15, 0.2) is 0 Å². The summed E-state index contributed by atoms with van der Waals surface area (Å²) in [7, 11) is 0. The molecule has 0 radical (unpaired) electrons. The minimum atomic E-state index is -0.174. The molecule has 0 aliphatic heterocycles. The van der Waals surface area contributed by atoms with Crippen LogP contribution in [0.15, 0.2) is 12.4 Å². The van der Waals surface area contributed by atoms with E-state index in [1.807, 2.05) is 20.8 Å². The van der Waals surface area contributed by atoms with Crippen LogP contribution in [0.5, 0.6) is 0 Å². The summed E-state index contributed by atoms with van der Waals surface area (Å²) in [6, 6.07) is 0. The average Bonchev–Trinajstić information content (AvgIpc) is 2.51. The zero-order valence-corrected chi connectivity index (χ0v) is 14.6. The van der Waals surface area contributed by atoms with Gasteiger partial charge in [0.2, 0.25) is 5.91 Å². The van der Waals surface area contributed by atoms with Crippen LogP contribution in [-0.2, 0) is 4.79 Å². The van der Waals surface area contributed by atoms with Gasteiger partial charge in [-0.2, -0.15) is 0 Å². The SMILES string of the molecule is CCCCNC(=O)CCN(CC(C)C)C(=O)c1cnc(C)cn1. The molecule has 0 aromatic carbocycles. The first-order valence-corrected chi connectivity index (χ1v) is 8.28. The second-order valence-electron chi connectivity index (χ2n) is 6.14. The number of aromatic nitrogens is 2. The van der Waals surface area contributed by atoms with Crippen molar-refractivity contribution in [2.75, 3.05) is 19.6 Å². The molecule has 0 saturated heterocycles. The highest BCUT2D eigenvalue weighted by Crippen LogP contribution is 2.06.